The molecule has 0 spiro atoms. The summed E-state index contributed by atoms with van der Waals surface area (Å²) in [6, 6.07) is 22.1. The van der Waals surface area contributed by atoms with Gasteiger partial charge in [0.05, 0.1) is 6.54 Å². The Hall–Kier alpha value is -2.27. The lowest BCUT2D eigenvalue weighted by Gasteiger charge is -2.14. The number of carbonyl (C=O) groups excluding carboxylic acids is 1. The first-order valence-electron chi connectivity index (χ1n) is 9.54. The van der Waals surface area contributed by atoms with Gasteiger partial charge < -0.3 is 10.6 Å². The highest BCUT2D eigenvalue weighted by molar-refractivity contribution is 7.99. The molecule has 0 aliphatic heterocycles. The van der Waals surface area contributed by atoms with Crippen molar-refractivity contribution in [1.29, 1.82) is 0 Å². The minimum absolute atomic E-state index is 0.0646. The fourth-order valence-corrected chi connectivity index (χ4v) is 3.88. The van der Waals surface area contributed by atoms with Crippen LogP contribution in [0.25, 0.3) is 0 Å². The van der Waals surface area contributed by atoms with Crippen molar-refractivity contribution >= 4 is 35.0 Å². The number of aryl methyl sites for hydroxylation is 2. The maximum Gasteiger partial charge on any atom is 0.238 e. The summed E-state index contributed by atoms with van der Waals surface area (Å²) < 4.78 is 0. The van der Waals surface area contributed by atoms with Crippen molar-refractivity contribution in [3.05, 3.63) is 88.4 Å². The van der Waals surface area contributed by atoms with E-state index in [1.807, 2.05) is 55.5 Å². The van der Waals surface area contributed by atoms with E-state index in [2.05, 4.69) is 42.7 Å². The SMILES string of the molecule is Cc1ccc(Sc2ccc(NC(=O)CN[C@H](C)c3ccc(Cl)cc3)cc2)cc1C. The minimum Gasteiger partial charge on any atom is -0.325 e. The largest absolute Gasteiger partial charge is 0.325 e. The van der Waals surface area contributed by atoms with Crippen LogP contribution in [-0.2, 0) is 4.79 Å². The van der Waals surface area contributed by atoms with Crippen LogP contribution in [0.2, 0.25) is 5.02 Å². The lowest BCUT2D eigenvalue weighted by molar-refractivity contribution is -0.115. The Morgan fingerprint density at radius 2 is 1.59 bits per heavy atom. The quantitative estimate of drug-likeness (QED) is 0.461. The maximum absolute atomic E-state index is 12.2. The lowest BCUT2D eigenvalue weighted by Crippen LogP contribution is -2.30. The van der Waals surface area contributed by atoms with Gasteiger partial charge in [-0.3, -0.25) is 4.79 Å². The molecule has 0 saturated carbocycles. The van der Waals surface area contributed by atoms with Crippen LogP contribution in [0.3, 0.4) is 0 Å². The zero-order valence-electron chi connectivity index (χ0n) is 16.8. The number of amides is 1. The van der Waals surface area contributed by atoms with Gasteiger partial charge in [-0.25, -0.2) is 0 Å². The second-order valence-electron chi connectivity index (χ2n) is 7.07. The molecule has 150 valence electrons. The molecule has 0 unspecified atom stereocenters. The van der Waals surface area contributed by atoms with Crippen molar-refractivity contribution in [2.75, 3.05) is 11.9 Å². The number of hydrogen-bond donors (Lipinski definition) is 2. The number of benzene rings is 3. The van der Waals surface area contributed by atoms with E-state index in [0.29, 0.717) is 5.02 Å². The molecule has 29 heavy (non-hydrogen) atoms. The number of carbonyl (C=O) groups is 1. The van der Waals surface area contributed by atoms with Gasteiger partial charge in [0.15, 0.2) is 0 Å². The van der Waals surface area contributed by atoms with E-state index < -0.39 is 0 Å². The van der Waals surface area contributed by atoms with E-state index in [0.717, 1.165) is 16.1 Å². The highest BCUT2D eigenvalue weighted by Crippen LogP contribution is 2.29. The molecule has 3 rings (SSSR count). The first kappa shape index (κ1) is 21.4. The summed E-state index contributed by atoms with van der Waals surface area (Å²) in [5.74, 6) is -0.0691. The second kappa shape index (κ2) is 9.97. The summed E-state index contributed by atoms with van der Waals surface area (Å²) in [4.78, 5) is 14.6. The number of anilines is 1. The van der Waals surface area contributed by atoms with Gasteiger partial charge in [-0.1, -0.05) is 41.6 Å². The van der Waals surface area contributed by atoms with Crippen molar-refractivity contribution in [2.45, 2.75) is 36.6 Å². The van der Waals surface area contributed by atoms with E-state index >= 15 is 0 Å². The monoisotopic (exact) mass is 424 g/mol. The molecule has 0 radical (unpaired) electrons. The van der Waals surface area contributed by atoms with Crippen LogP contribution in [0.15, 0.2) is 76.5 Å². The third kappa shape index (κ3) is 6.36. The Labute approximate surface area is 181 Å². The van der Waals surface area contributed by atoms with Crippen molar-refractivity contribution in [3.63, 3.8) is 0 Å². The average molecular weight is 425 g/mol. The molecule has 0 heterocycles. The fraction of sp³-hybridized carbons (Fsp3) is 0.208. The molecule has 0 fully saturated rings. The molecule has 3 nitrogen and oxygen atoms in total. The molecular weight excluding hydrogens is 400 g/mol. The maximum atomic E-state index is 12.2. The van der Waals surface area contributed by atoms with Crippen molar-refractivity contribution < 1.29 is 4.79 Å². The molecule has 1 amide bonds. The normalized spacial score (nSPS) is 11.9. The molecule has 1 atom stereocenters. The minimum atomic E-state index is -0.0691. The summed E-state index contributed by atoms with van der Waals surface area (Å²) in [7, 11) is 0. The van der Waals surface area contributed by atoms with Crippen LogP contribution in [0.5, 0.6) is 0 Å². The predicted molar refractivity (Wildman–Crippen MR) is 123 cm³/mol. The number of hydrogen-bond acceptors (Lipinski definition) is 3. The van der Waals surface area contributed by atoms with Crippen LogP contribution < -0.4 is 10.6 Å². The van der Waals surface area contributed by atoms with Crippen molar-refractivity contribution in [2.24, 2.45) is 0 Å². The highest BCUT2D eigenvalue weighted by Gasteiger charge is 2.08. The molecule has 3 aromatic carbocycles. The van der Waals surface area contributed by atoms with Crippen molar-refractivity contribution in [1.82, 2.24) is 5.32 Å². The van der Waals surface area contributed by atoms with Gasteiger partial charge in [0, 0.05) is 26.5 Å². The van der Waals surface area contributed by atoms with Crippen LogP contribution in [-0.4, -0.2) is 12.5 Å². The van der Waals surface area contributed by atoms with Gasteiger partial charge in [0.1, 0.15) is 0 Å². The third-order valence-electron chi connectivity index (χ3n) is 4.79. The standard InChI is InChI=1S/C24H25ClN2OS/c1-16-4-11-23(14-17(16)2)29-22-12-9-21(10-13-22)27-24(28)15-26-18(3)19-5-7-20(25)8-6-19/h4-14,18,26H,15H2,1-3H3,(H,27,28)/t18-/m1/s1. The van der Waals surface area contributed by atoms with Crippen molar-refractivity contribution in [3.8, 4) is 0 Å². The van der Waals surface area contributed by atoms with Gasteiger partial charge in [0.2, 0.25) is 5.91 Å². The first-order valence-corrected chi connectivity index (χ1v) is 10.7. The van der Waals surface area contributed by atoms with E-state index in [1.165, 1.54) is 16.0 Å². The molecule has 2 N–H and O–H groups in total. The Bertz CT molecular complexity index is 971. The Kier molecular flexibility index (Phi) is 7.37. The molecule has 3 aromatic rings. The average Bonchev–Trinajstić information content (AvgIpc) is 2.71. The highest BCUT2D eigenvalue weighted by atomic mass is 35.5. The predicted octanol–water partition coefficient (Wildman–Crippen LogP) is 6.40. The summed E-state index contributed by atoms with van der Waals surface area (Å²) in [6.45, 7) is 6.50. The molecule has 0 bridgehead atoms. The van der Waals surface area contributed by atoms with Gasteiger partial charge >= 0.3 is 0 Å². The summed E-state index contributed by atoms with van der Waals surface area (Å²) in [5, 5.41) is 6.87. The van der Waals surface area contributed by atoms with Crippen LogP contribution in [0, 0.1) is 13.8 Å². The van der Waals surface area contributed by atoms with E-state index in [-0.39, 0.29) is 18.5 Å². The summed E-state index contributed by atoms with van der Waals surface area (Å²) >= 11 is 7.63. The Morgan fingerprint density at radius 3 is 2.24 bits per heavy atom. The van der Waals surface area contributed by atoms with E-state index in [4.69, 9.17) is 11.6 Å². The lowest BCUT2D eigenvalue weighted by atomic mass is 10.1. The van der Waals surface area contributed by atoms with Gasteiger partial charge in [0.25, 0.3) is 0 Å². The fourth-order valence-electron chi connectivity index (χ4n) is 2.84. The number of rotatable bonds is 7. The zero-order chi connectivity index (χ0) is 20.8. The van der Waals surface area contributed by atoms with Crippen LogP contribution in [0.1, 0.15) is 29.7 Å². The smallest absolute Gasteiger partial charge is 0.238 e. The Balaban J connectivity index is 1.50. The summed E-state index contributed by atoms with van der Waals surface area (Å²) in [6.07, 6.45) is 0. The molecule has 5 heteroatoms. The van der Waals surface area contributed by atoms with E-state index in [1.54, 1.807) is 11.8 Å². The topological polar surface area (TPSA) is 41.1 Å². The van der Waals surface area contributed by atoms with Crippen LogP contribution >= 0.6 is 23.4 Å². The van der Waals surface area contributed by atoms with Gasteiger partial charge in [-0.15, -0.1) is 0 Å². The molecule has 0 aromatic heterocycles. The number of halogens is 1. The summed E-state index contributed by atoms with van der Waals surface area (Å²) in [5.41, 5.74) is 4.47. The number of nitrogens with one attached hydrogen (secondary N) is 2. The van der Waals surface area contributed by atoms with Gasteiger partial charge in [-0.2, -0.15) is 0 Å². The molecule has 0 aliphatic rings. The molecule has 0 saturated heterocycles. The zero-order valence-corrected chi connectivity index (χ0v) is 18.4. The molecule has 0 aliphatic carbocycles. The first-order chi connectivity index (χ1) is 13.9. The third-order valence-corrected chi connectivity index (χ3v) is 6.04. The molecular formula is C24H25ClN2OS. The van der Waals surface area contributed by atoms with Crippen LogP contribution in [0.4, 0.5) is 5.69 Å². The Morgan fingerprint density at radius 1 is 0.931 bits per heavy atom. The van der Waals surface area contributed by atoms with E-state index in [9.17, 15) is 4.79 Å². The second-order valence-corrected chi connectivity index (χ2v) is 8.66. The van der Waals surface area contributed by atoms with Gasteiger partial charge in [-0.05, 0) is 86.0 Å².